The molecule has 5 atom stereocenters. The molecule has 0 aliphatic carbocycles. The van der Waals surface area contributed by atoms with Crippen molar-refractivity contribution in [2.24, 2.45) is 28.1 Å². The third-order valence-electron chi connectivity index (χ3n) is 6.74. The molecule has 0 aliphatic rings. The van der Waals surface area contributed by atoms with Crippen molar-refractivity contribution < 1.29 is 29.4 Å². The van der Waals surface area contributed by atoms with Crippen molar-refractivity contribution in [1.82, 2.24) is 25.9 Å². The number of benzene rings is 1. The number of guanidine groups is 1. The van der Waals surface area contributed by atoms with Crippen LogP contribution in [0.25, 0.3) is 0 Å². The molecule has 15 nitrogen and oxygen atoms in total. The first-order valence-electron chi connectivity index (χ1n) is 13.6. The molecule has 1 aromatic heterocycles. The zero-order valence-electron chi connectivity index (χ0n) is 23.7. The number of aliphatic imine (C=N–C) groups is 1. The number of carboxylic acids is 1. The number of H-pyrrole nitrogens is 1. The van der Waals surface area contributed by atoms with Gasteiger partial charge in [-0.3, -0.25) is 19.4 Å². The number of nitrogens with zero attached hydrogens (tertiary/aromatic N) is 2. The Bertz CT molecular complexity index is 1200. The molecule has 0 saturated heterocycles. The molecule has 0 radical (unpaired) electrons. The number of phenols is 1. The minimum Gasteiger partial charge on any atom is -0.508 e. The molecule has 1 aromatic carbocycles. The van der Waals surface area contributed by atoms with Crippen LogP contribution in [0.5, 0.6) is 5.75 Å². The molecule has 3 amide bonds. The Kier molecular flexibility index (Phi) is 13.2. The van der Waals surface area contributed by atoms with Crippen LogP contribution in [0.15, 0.2) is 41.8 Å². The first-order chi connectivity index (χ1) is 19.9. The Balaban J connectivity index is 2.28. The Morgan fingerprint density at radius 2 is 1.60 bits per heavy atom. The number of phenolic OH excluding ortho intramolecular Hbond substituents is 1. The number of amides is 3. The maximum Gasteiger partial charge on any atom is 0.326 e. The lowest BCUT2D eigenvalue weighted by Gasteiger charge is -2.26. The minimum atomic E-state index is -1.32. The maximum absolute atomic E-state index is 13.5. The van der Waals surface area contributed by atoms with E-state index in [0.717, 1.165) is 0 Å². The number of carboxylic acid groups (broad SMARTS) is 1. The van der Waals surface area contributed by atoms with Gasteiger partial charge in [0.05, 0.1) is 12.4 Å². The second-order valence-electron chi connectivity index (χ2n) is 10.0. The highest BCUT2D eigenvalue weighted by Gasteiger charge is 2.31. The quantitative estimate of drug-likeness (QED) is 0.0610. The van der Waals surface area contributed by atoms with Crippen molar-refractivity contribution in [2.75, 3.05) is 6.54 Å². The molecule has 230 valence electrons. The highest BCUT2D eigenvalue weighted by molar-refractivity contribution is 5.94. The van der Waals surface area contributed by atoms with Gasteiger partial charge < -0.3 is 48.3 Å². The number of carbonyl (C=O) groups is 4. The highest BCUT2D eigenvalue weighted by Crippen LogP contribution is 2.13. The summed E-state index contributed by atoms with van der Waals surface area (Å²) in [5.74, 6) is -3.50. The predicted molar refractivity (Wildman–Crippen MR) is 155 cm³/mol. The second kappa shape index (κ2) is 16.6. The van der Waals surface area contributed by atoms with Crippen molar-refractivity contribution in [3.05, 3.63) is 48.0 Å². The zero-order valence-corrected chi connectivity index (χ0v) is 23.7. The summed E-state index contributed by atoms with van der Waals surface area (Å²) in [5.41, 5.74) is 17.9. The van der Waals surface area contributed by atoms with Crippen molar-refractivity contribution in [2.45, 2.75) is 70.1 Å². The number of carbonyl (C=O) groups excluding carboxylic acids is 3. The minimum absolute atomic E-state index is 0.00971. The largest absolute Gasteiger partial charge is 0.508 e. The van der Waals surface area contributed by atoms with Gasteiger partial charge in [0.1, 0.15) is 23.9 Å². The van der Waals surface area contributed by atoms with Crippen LogP contribution in [0, 0.1) is 5.92 Å². The fourth-order valence-electron chi connectivity index (χ4n) is 3.99. The number of aromatic hydroxyl groups is 1. The van der Waals surface area contributed by atoms with E-state index in [-0.39, 0.29) is 43.4 Å². The smallest absolute Gasteiger partial charge is 0.326 e. The second-order valence-corrected chi connectivity index (χ2v) is 10.0. The van der Waals surface area contributed by atoms with Gasteiger partial charge in [-0.25, -0.2) is 9.78 Å². The normalized spacial score (nSPS) is 14.5. The summed E-state index contributed by atoms with van der Waals surface area (Å²) in [5, 5.41) is 27.2. The molecule has 0 fully saturated rings. The SMILES string of the molecule is CCC(C)C(N)C(=O)NC(CCCN=C(N)N)C(=O)NC(Cc1ccc(O)cc1)C(=O)NC(Cc1cnc[nH]1)C(=O)O. The summed E-state index contributed by atoms with van der Waals surface area (Å²) in [6, 6.07) is 1.49. The number of aliphatic carboxylic acids is 1. The first-order valence-corrected chi connectivity index (χ1v) is 13.6. The molecule has 0 bridgehead atoms. The lowest BCUT2D eigenvalue weighted by atomic mass is 9.98. The van der Waals surface area contributed by atoms with E-state index in [4.69, 9.17) is 17.2 Å². The van der Waals surface area contributed by atoms with Gasteiger partial charge in [0, 0.05) is 31.3 Å². The standard InChI is InChI=1S/C27H41N9O6/c1-3-15(2)22(28)25(40)34-19(5-4-10-32-27(29)30)23(38)35-20(11-16-6-8-18(37)9-7-16)24(39)36-21(26(41)42)12-17-13-31-14-33-17/h6-9,13-15,19-22,37H,3-5,10-12,28H2,1-2H3,(H,31,33)(H,34,40)(H,35,38)(H,36,39)(H,41,42)(H4,29,30,32). The van der Waals surface area contributed by atoms with Gasteiger partial charge in [-0.2, -0.15) is 0 Å². The number of imidazole rings is 1. The Morgan fingerprint density at radius 3 is 2.17 bits per heavy atom. The average molecular weight is 588 g/mol. The van der Waals surface area contributed by atoms with E-state index >= 15 is 0 Å². The monoisotopic (exact) mass is 587 g/mol. The molecule has 0 aliphatic heterocycles. The van der Waals surface area contributed by atoms with Gasteiger partial charge >= 0.3 is 5.97 Å². The molecular weight excluding hydrogens is 546 g/mol. The summed E-state index contributed by atoms with van der Waals surface area (Å²) < 4.78 is 0. The van der Waals surface area contributed by atoms with E-state index in [9.17, 15) is 29.4 Å². The molecular formula is C27H41N9O6. The average Bonchev–Trinajstić information content (AvgIpc) is 3.47. The molecule has 5 unspecified atom stereocenters. The Labute approximate surface area is 243 Å². The Morgan fingerprint density at radius 1 is 0.976 bits per heavy atom. The van der Waals surface area contributed by atoms with E-state index < -0.39 is 47.9 Å². The van der Waals surface area contributed by atoms with Crippen LogP contribution in [0.1, 0.15) is 44.4 Å². The summed E-state index contributed by atoms with van der Waals surface area (Å²) in [7, 11) is 0. The molecule has 12 N–H and O–H groups in total. The van der Waals surface area contributed by atoms with Crippen LogP contribution in [0.3, 0.4) is 0 Å². The fourth-order valence-corrected chi connectivity index (χ4v) is 3.99. The number of hydrogen-bond donors (Lipinski definition) is 9. The van der Waals surface area contributed by atoms with E-state index in [1.54, 1.807) is 12.1 Å². The summed E-state index contributed by atoms with van der Waals surface area (Å²) in [6.45, 7) is 3.91. The van der Waals surface area contributed by atoms with Gasteiger partial charge in [0.15, 0.2) is 5.96 Å². The molecule has 15 heteroatoms. The van der Waals surface area contributed by atoms with E-state index in [1.807, 2.05) is 13.8 Å². The van der Waals surface area contributed by atoms with Crippen molar-refractivity contribution in [1.29, 1.82) is 0 Å². The third kappa shape index (κ3) is 11.1. The summed E-state index contributed by atoms with van der Waals surface area (Å²) in [6.07, 6.45) is 3.83. The summed E-state index contributed by atoms with van der Waals surface area (Å²) in [4.78, 5) is 62.2. The molecule has 42 heavy (non-hydrogen) atoms. The molecule has 0 spiro atoms. The maximum atomic E-state index is 13.5. The zero-order chi connectivity index (χ0) is 31.2. The van der Waals surface area contributed by atoms with E-state index in [0.29, 0.717) is 24.1 Å². The van der Waals surface area contributed by atoms with E-state index in [2.05, 4.69) is 30.9 Å². The van der Waals surface area contributed by atoms with Crippen LogP contribution in [0.4, 0.5) is 0 Å². The molecule has 2 aromatic rings. The number of nitrogens with two attached hydrogens (primary N) is 3. The van der Waals surface area contributed by atoms with Crippen molar-refractivity contribution >= 4 is 29.7 Å². The Hall–Kier alpha value is -4.66. The summed E-state index contributed by atoms with van der Waals surface area (Å²) >= 11 is 0. The van der Waals surface area contributed by atoms with Gasteiger partial charge in [0.2, 0.25) is 17.7 Å². The number of nitrogens with one attached hydrogen (secondary N) is 4. The topological polar surface area (TPSA) is 264 Å². The van der Waals surface area contributed by atoms with Crippen molar-refractivity contribution in [3.63, 3.8) is 0 Å². The van der Waals surface area contributed by atoms with Crippen LogP contribution in [0.2, 0.25) is 0 Å². The number of aromatic amines is 1. The van der Waals surface area contributed by atoms with Crippen LogP contribution in [-0.2, 0) is 32.0 Å². The molecule has 2 rings (SSSR count). The van der Waals surface area contributed by atoms with E-state index in [1.165, 1.54) is 24.7 Å². The van der Waals surface area contributed by atoms with Gasteiger partial charge in [0.25, 0.3) is 0 Å². The fraction of sp³-hybridized carbons (Fsp3) is 0.481. The van der Waals surface area contributed by atoms with Gasteiger partial charge in [-0.1, -0.05) is 32.4 Å². The van der Waals surface area contributed by atoms with Gasteiger partial charge in [-0.15, -0.1) is 0 Å². The highest BCUT2D eigenvalue weighted by atomic mass is 16.4. The lowest BCUT2D eigenvalue weighted by Crippen LogP contribution is -2.58. The first kappa shape index (κ1) is 33.5. The van der Waals surface area contributed by atoms with Crippen LogP contribution in [-0.4, -0.2) is 80.5 Å². The van der Waals surface area contributed by atoms with Crippen molar-refractivity contribution in [3.8, 4) is 5.75 Å². The van der Waals surface area contributed by atoms with Crippen LogP contribution >= 0.6 is 0 Å². The predicted octanol–water partition coefficient (Wildman–Crippen LogP) is -1.13. The number of hydrogen-bond acceptors (Lipinski definition) is 8. The number of aromatic nitrogens is 2. The third-order valence-corrected chi connectivity index (χ3v) is 6.74. The molecule has 1 heterocycles. The van der Waals surface area contributed by atoms with Crippen LogP contribution < -0.4 is 33.2 Å². The van der Waals surface area contributed by atoms with Gasteiger partial charge in [-0.05, 0) is 36.5 Å². The lowest BCUT2D eigenvalue weighted by molar-refractivity contribution is -0.142. The molecule has 0 saturated carbocycles. The number of rotatable bonds is 17.